The predicted octanol–water partition coefficient (Wildman–Crippen LogP) is 4.70. The van der Waals surface area contributed by atoms with E-state index in [4.69, 9.17) is 0 Å². The average molecular weight is 563 g/mol. The van der Waals surface area contributed by atoms with Gasteiger partial charge in [-0.15, -0.1) is 24.0 Å². The first-order valence-corrected chi connectivity index (χ1v) is 11.3. The monoisotopic (exact) mass is 562 g/mol. The molecule has 0 fully saturated rings. The number of anilines is 1. The fourth-order valence-corrected chi connectivity index (χ4v) is 3.54. The standard InChI is InChI=1S/C25H34N6O.HI/c1-5-18(2)24(32)30-21-11-8-10-20(16-21)17-28-25(26-4)27-14-9-15-31-19(3)29-22-12-6-7-13-23(22)31;/h6-8,10-13,16,18H,5,9,14-15,17H2,1-4H3,(H,30,32)(H2,26,27,28);1H. The van der Waals surface area contributed by atoms with Gasteiger partial charge >= 0.3 is 0 Å². The molecule has 0 spiro atoms. The number of amides is 1. The molecule has 3 aromatic rings. The van der Waals surface area contributed by atoms with Crippen LogP contribution in [0.5, 0.6) is 0 Å². The molecule has 0 saturated heterocycles. The Morgan fingerprint density at radius 2 is 1.94 bits per heavy atom. The van der Waals surface area contributed by atoms with E-state index in [0.29, 0.717) is 6.54 Å². The van der Waals surface area contributed by atoms with Crippen molar-refractivity contribution in [3.05, 3.63) is 59.9 Å². The van der Waals surface area contributed by atoms with Crippen LogP contribution in [0.2, 0.25) is 0 Å². The summed E-state index contributed by atoms with van der Waals surface area (Å²) in [6, 6.07) is 16.1. The van der Waals surface area contributed by atoms with Crippen LogP contribution in [-0.2, 0) is 17.9 Å². The highest BCUT2D eigenvalue weighted by Gasteiger charge is 2.11. The number of fused-ring (bicyclic) bond motifs is 1. The van der Waals surface area contributed by atoms with Crippen LogP contribution in [-0.4, -0.2) is 35.0 Å². The van der Waals surface area contributed by atoms with Crippen molar-refractivity contribution in [3.8, 4) is 0 Å². The molecule has 7 nitrogen and oxygen atoms in total. The maximum absolute atomic E-state index is 12.1. The highest BCUT2D eigenvalue weighted by atomic mass is 127. The minimum absolute atomic E-state index is 0. The number of carbonyl (C=O) groups excluding carboxylic acids is 1. The van der Waals surface area contributed by atoms with Gasteiger partial charge in [-0.2, -0.15) is 0 Å². The zero-order valence-electron chi connectivity index (χ0n) is 19.9. The number of hydrogen-bond acceptors (Lipinski definition) is 3. The summed E-state index contributed by atoms with van der Waals surface area (Å²) < 4.78 is 2.26. The minimum Gasteiger partial charge on any atom is -0.356 e. The minimum atomic E-state index is 0. The van der Waals surface area contributed by atoms with Crippen LogP contribution in [0.15, 0.2) is 53.5 Å². The summed E-state index contributed by atoms with van der Waals surface area (Å²) in [6.45, 7) is 8.32. The van der Waals surface area contributed by atoms with E-state index in [0.717, 1.165) is 54.5 Å². The molecule has 1 amide bonds. The molecule has 8 heteroatoms. The first-order valence-electron chi connectivity index (χ1n) is 11.3. The number of benzene rings is 2. The Morgan fingerprint density at radius 1 is 1.15 bits per heavy atom. The normalized spacial score (nSPS) is 12.2. The lowest BCUT2D eigenvalue weighted by molar-refractivity contribution is -0.119. The Bertz CT molecular complexity index is 1080. The van der Waals surface area contributed by atoms with Gasteiger partial charge in [0.2, 0.25) is 5.91 Å². The van der Waals surface area contributed by atoms with E-state index in [9.17, 15) is 4.79 Å². The van der Waals surface area contributed by atoms with Gasteiger partial charge in [0.1, 0.15) is 5.82 Å². The van der Waals surface area contributed by atoms with Crippen molar-refractivity contribution in [2.75, 3.05) is 18.9 Å². The van der Waals surface area contributed by atoms with Crippen molar-refractivity contribution in [3.63, 3.8) is 0 Å². The molecular weight excluding hydrogens is 527 g/mol. The number of aromatic nitrogens is 2. The summed E-state index contributed by atoms with van der Waals surface area (Å²) in [5.41, 5.74) is 4.11. The van der Waals surface area contributed by atoms with Crippen LogP contribution in [0, 0.1) is 12.8 Å². The summed E-state index contributed by atoms with van der Waals surface area (Å²) in [6.07, 6.45) is 1.78. The zero-order chi connectivity index (χ0) is 22.9. The third kappa shape index (κ3) is 7.45. The van der Waals surface area contributed by atoms with Gasteiger partial charge in [0.05, 0.1) is 11.0 Å². The lowest BCUT2D eigenvalue weighted by Gasteiger charge is -2.14. The molecule has 33 heavy (non-hydrogen) atoms. The molecule has 0 aliphatic rings. The lowest BCUT2D eigenvalue weighted by Crippen LogP contribution is -2.37. The van der Waals surface area contributed by atoms with Crippen LogP contribution < -0.4 is 16.0 Å². The lowest BCUT2D eigenvalue weighted by atomic mass is 10.1. The van der Waals surface area contributed by atoms with Crippen LogP contribution in [0.1, 0.15) is 38.1 Å². The molecule has 0 radical (unpaired) electrons. The van der Waals surface area contributed by atoms with Crippen LogP contribution >= 0.6 is 24.0 Å². The third-order valence-corrected chi connectivity index (χ3v) is 5.63. The van der Waals surface area contributed by atoms with Crippen molar-refractivity contribution in [2.45, 2.75) is 46.7 Å². The second kappa shape index (κ2) is 13.2. The quantitative estimate of drug-likeness (QED) is 0.153. The summed E-state index contributed by atoms with van der Waals surface area (Å²) in [4.78, 5) is 21.1. The topological polar surface area (TPSA) is 83.3 Å². The van der Waals surface area contributed by atoms with Gasteiger partial charge in [-0.1, -0.05) is 38.1 Å². The molecule has 1 heterocycles. The van der Waals surface area contributed by atoms with E-state index in [1.807, 2.05) is 57.2 Å². The number of imidazole rings is 1. The van der Waals surface area contributed by atoms with Gasteiger partial charge in [-0.3, -0.25) is 9.79 Å². The molecular formula is C25H35IN6O. The summed E-state index contributed by atoms with van der Waals surface area (Å²) in [7, 11) is 1.77. The summed E-state index contributed by atoms with van der Waals surface area (Å²) in [5, 5.41) is 9.70. The molecule has 0 saturated carbocycles. The molecule has 1 unspecified atom stereocenters. The number of hydrogen-bond donors (Lipinski definition) is 3. The van der Waals surface area contributed by atoms with E-state index in [2.05, 4.69) is 42.6 Å². The number of carbonyl (C=O) groups is 1. The Balaban J connectivity index is 0.00000385. The first-order chi connectivity index (χ1) is 15.5. The smallest absolute Gasteiger partial charge is 0.227 e. The third-order valence-electron chi connectivity index (χ3n) is 5.63. The number of nitrogens with zero attached hydrogens (tertiary/aromatic N) is 3. The average Bonchev–Trinajstić information content (AvgIpc) is 3.13. The number of rotatable bonds is 9. The second-order valence-corrected chi connectivity index (χ2v) is 8.00. The molecule has 3 rings (SSSR count). The first kappa shape index (κ1) is 26.6. The number of nitrogens with one attached hydrogen (secondary N) is 3. The Morgan fingerprint density at radius 3 is 2.70 bits per heavy atom. The van der Waals surface area contributed by atoms with E-state index in [-0.39, 0.29) is 35.8 Å². The Kier molecular flexibility index (Phi) is 10.6. The van der Waals surface area contributed by atoms with Gasteiger partial charge in [-0.05, 0) is 49.6 Å². The van der Waals surface area contributed by atoms with E-state index < -0.39 is 0 Å². The van der Waals surface area contributed by atoms with Crippen molar-refractivity contribution in [1.29, 1.82) is 0 Å². The molecule has 1 atom stereocenters. The second-order valence-electron chi connectivity index (χ2n) is 8.00. The maximum Gasteiger partial charge on any atom is 0.227 e. The number of para-hydroxylation sites is 2. The SMILES string of the molecule is CCC(C)C(=O)Nc1cccc(CNC(=NC)NCCCn2c(C)nc3ccccc32)c1.I. The highest BCUT2D eigenvalue weighted by Crippen LogP contribution is 2.16. The van der Waals surface area contributed by atoms with Gasteiger partial charge in [0, 0.05) is 38.3 Å². The van der Waals surface area contributed by atoms with Crippen LogP contribution in [0.25, 0.3) is 11.0 Å². The molecule has 178 valence electrons. The van der Waals surface area contributed by atoms with Crippen molar-refractivity contribution >= 4 is 52.6 Å². The largest absolute Gasteiger partial charge is 0.356 e. The van der Waals surface area contributed by atoms with E-state index in [1.165, 1.54) is 5.52 Å². The van der Waals surface area contributed by atoms with Crippen molar-refractivity contribution in [2.24, 2.45) is 10.9 Å². The van der Waals surface area contributed by atoms with Crippen LogP contribution in [0.3, 0.4) is 0 Å². The molecule has 3 N–H and O–H groups in total. The van der Waals surface area contributed by atoms with Crippen LogP contribution in [0.4, 0.5) is 5.69 Å². The maximum atomic E-state index is 12.1. The Labute approximate surface area is 213 Å². The summed E-state index contributed by atoms with van der Waals surface area (Å²) in [5.74, 6) is 1.85. The van der Waals surface area contributed by atoms with E-state index >= 15 is 0 Å². The molecule has 0 aliphatic carbocycles. The summed E-state index contributed by atoms with van der Waals surface area (Å²) >= 11 is 0. The fourth-order valence-electron chi connectivity index (χ4n) is 3.54. The molecule has 1 aromatic heterocycles. The van der Waals surface area contributed by atoms with Crippen molar-refractivity contribution in [1.82, 2.24) is 20.2 Å². The number of halogens is 1. The fraction of sp³-hybridized carbons (Fsp3) is 0.400. The van der Waals surface area contributed by atoms with Gasteiger partial charge in [0.15, 0.2) is 5.96 Å². The number of aryl methyl sites for hydroxylation is 2. The molecule has 0 bridgehead atoms. The number of aliphatic imine (C=N–C) groups is 1. The Hall–Kier alpha value is -2.62. The van der Waals surface area contributed by atoms with Crippen molar-refractivity contribution < 1.29 is 4.79 Å². The van der Waals surface area contributed by atoms with E-state index in [1.54, 1.807) is 7.05 Å². The highest BCUT2D eigenvalue weighted by molar-refractivity contribution is 14.0. The van der Waals surface area contributed by atoms with Gasteiger partial charge < -0.3 is 20.5 Å². The molecule has 2 aromatic carbocycles. The van der Waals surface area contributed by atoms with Gasteiger partial charge in [-0.25, -0.2) is 4.98 Å². The number of guanidine groups is 1. The van der Waals surface area contributed by atoms with Gasteiger partial charge in [0.25, 0.3) is 0 Å². The zero-order valence-corrected chi connectivity index (χ0v) is 22.2. The predicted molar refractivity (Wildman–Crippen MR) is 147 cm³/mol. The molecule has 0 aliphatic heterocycles.